The van der Waals surface area contributed by atoms with Crippen molar-refractivity contribution in [3.8, 4) is 10.7 Å². The van der Waals surface area contributed by atoms with Gasteiger partial charge in [0.1, 0.15) is 11.6 Å². The third-order valence-electron chi connectivity index (χ3n) is 4.55. The fourth-order valence-corrected chi connectivity index (χ4v) is 3.84. The number of carbonyl (C=O) groups is 1. The van der Waals surface area contributed by atoms with Crippen molar-refractivity contribution >= 4 is 17.3 Å². The SMILES string of the molecule is O=C(OCc1csc(-c2ccccn2)n1)c1ccccc1CCc1ccccc1. The van der Waals surface area contributed by atoms with E-state index in [1.807, 2.05) is 66.0 Å². The molecule has 0 unspecified atom stereocenters. The first kappa shape index (κ1) is 19.0. The number of ether oxygens (including phenoxy) is 1. The molecule has 4 nitrogen and oxygen atoms in total. The molecule has 0 saturated heterocycles. The van der Waals surface area contributed by atoms with Crippen LogP contribution in [0.25, 0.3) is 10.7 Å². The van der Waals surface area contributed by atoms with Crippen LogP contribution in [0.15, 0.2) is 84.4 Å². The lowest BCUT2D eigenvalue weighted by Crippen LogP contribution is -2.09. The summed E-state index contributed by atoms with van der Waals surface area (Å²) in [6, 6.07) is 23.6. The van der Waals surface area contributed by atoms with E-state index in [4.69, 9.17) is 4.74 Å². The van der Waals surface area contributed by atoms with Gasteiger partial charge in [0.15, 0.2) is 0 Å². The summed E-state index contributed by atoms with van der Waals surface area (Å²) in [5, 5.41) is 2.72. The van der Waals surface area contributed by atoms with Gasteiger partial charge in [0.05, 0.1) is 17.0 Å². The van der Waals surface area contributed by atoms with Crippen molar-refractivity contribution in [3.05, 3.63) is 107 Å². The molecule has 0 fully saturated rings. The summed E-state index contributed by atoms with van der Waals surface area (Å²) in [5.74, 6) is -0.318. The molecule has 0 aliphatic heterocycles. The Morgan fingerprint density at radius 1 is 0.897 bits per heavy atom. The molecule has 0 spiro atoms. The Labute approximate surface area is 173 Å². The molecule has 0 aliphatic carbocycles. The van der Waals surface area contributed by atoms with Crippen molar-refractivity contribution in [1.82, 2.24) is 9.97 Å². The van der Waals surface area contributed by atoms with E-state index in [0.717, 1.165) is 34.8 Å². The lowest BCUT2D eigenvalue weighted by molar-refractivity contribution is 0.0467. The number of hydrogen-bond donors (Lipinski definition) is 0. The summed E-state index contributed by atoms with van der Waals surface area (Å²) in [6.07, 6.45) is 3.41. The Kier molecular flexibility index (Phi) is 6.07. The molecule has 144 valence electrons. The predicted octanol–water partition coefficient (Wildman–Crippen LogP) is 5.35. The van der Waals surface area contributed by atoms with E-state index in [1.165, 1.54) is 16.9 Å². The van der Waals surface area contributed by atoms with Crippen LogP contribution in [0.4, 0.5) is 0 Å². The van der Waals surface area contributed by atoms with E-state index in [9.17, 15) is 4.79 Å². The molecule has 2 heterocycles. The maximum atomic E-state index is 12.7. The van der Waals surface area contributed by atoms with Crippen LogP contribution in [0.2, 0.25) is 0 Å². The van der Waals surface area contributed by atoms with E-state index >= 15 is 0 Å². The normalized spacial score (nSPS) is 10.6. The molecule has 2 aromatic carbocycles. The molecule has 0 atom stereocenters. The Morgan fingerprint density at radius 3 is 2.52 bits per heavy atom. The van der Waals surface area contributed by atoms with Gasteiger partial charge in [-0.2, -0.15) is 0 Å². The zero-order valence-corrected chi connectivity index (χ0v) is 16.6. The van der Waals surface area contributed by atoms with E-state index in [-0.39, 0.29) is 12.6 Å². The average Bonchev–Trinajstić information content (AvgIpc) is 3.27. The molecule has 4 aromatic rings. The predicted molar refractivity (Wildman–Crippen MR) is 115 cm³/mol. The van der Waals surface area contributed by atoms with Gasteiger partial charge in [-0.1, -0.05) is 54.6 Å². The Hall–Kier alpha value is -3.31. The zero-order chi connectivity index (χ0) is 19.9. The second-order valence-corrected chi connectivity index (χ2v) is 7.44. The molecule has 0 amide bonds. The number of aromatic nitrogens is 2. The number of rotatable bonds is 7. The fourth-order valence-electron chi connectivity index (χ4n) is 3.06. The van der Waals surface area contributed by atoms with Crippen molar-refractivity contribution in [2.24, 2.45) is 0 Å². The average molecular weight is 401 g/mol. The third kappa shape index (κ3) is 4.95. The van der Waals surface area contributed by atoms with Gasteiger partial charge in [-0.3, -0.25) is 4.98 Å². The van der Waals surface area contributed by atoms with Crippen LogP contribution in [0.5, 0.6) is 0 Å². The van der Waals surface area contributed by atoms with Crippen LogP contribution in [-0.2, 0) is 24.2 Å². The molecule has 4 rings (SSSR count). The second-order valence-electron chi connectivity index (χ2n) is 6.58. The quantitative estimate of drug-likeness (QED) is 0.393. The van der Waals surface area contributed by atoms with Gasteiger partial charge >= 0.3 is 5.97 Å². The monoisotopic (exact) mass is 400 g/mol. The molecule has 29 heavy (non-hydrogen) atoms. The van der Waals surface area contributed by atoms with Crippen LogP contribution < -0.4 is 0 Å². The minimum Gasteiger partial charge on any atom is -0.456 e. The van der Waals surface area contributed by atoms with E-state index in [1.54, 1.807) is 6.20 Å². The van der Waals surface area contributed by atoms with Gasteiger partial charge < -0.3 is 4.74 Å². The number of hydrogen-bond acceptors (Lipinski definition) is 5. The van der Waals surface area contributed by atoms with Gasteiger partial charge in [-0.15, -0.1) is 11.3 Å². The van der Waals surface area contributed by atoms with E-state index < -0.39 is 0 Å². The minimum absolute atomic E-state index is 0.148. The maximum Gasteiger partial charge on any atom is 0.338 e. The van der Waals surface area contributed by atoms with Crippen LogP contribution in [0.3, 0.4) is 0 Å². The highest BCUT2D eigenvalue weighted by atomic mass is 32.1. The summed E-state index contributed by atoms with van der Waals surface area (Å²) in [5.41, 5.74) is 4.41. The number of aryl methyl sites for hydroxylation is 2. The number of nitrogens with zero attached hydrogens (tertiary/aromatic N) is 2. The second kappa shape index (κ2) is 9.26. The highest BCUT2D eigenvalue weighted by Crippen LogP contribution is 2.22. The summed E-state index contributed by atoms with van der Waals surface area (Å²) < 4.78 is 5.54. The van der Waals surface area contributed by atoms with Gasteiger partial charge in [0, 0.05) is 11.6 Å². The Bertz CT molecular complexity index is 1080. The molecular formula is C24H20N2O2S. The molecule has 5 heteroatoms. The summed E-state index contributed by atoms with van der Waals surface area (Å²) >= 11 is 1.49. The summed E-state index contributed by atoms with van der Waals surface area (Å²) in [4.78, 5) is 21.5. The van der Waals surface area contributed by atoms with Gasteiger partial charge in [-0.05, 0) is 42.2 Å². The first-order chi connectivity index (χ1) is 14.3. The van der Waals surface area contributed by atoms with E-state index in [0.29, 0.717) is 5.56 Å². The van der Waals surface area contributed by atoms with Crippen LogP contribution in [0, 0.1) is 0 Å². The minimum atomic E-state index is -0.318. The highest BCUT2D eigenvalue weighted by molar-refractivity contribution is 7.13. The molecule has 0 saturated carbocycles. The topological polar surface area (TPSA) is 52.1 Å². The highest BCUT2D eigenvalue weighted by Gasteiger charge is 2.14. The van der Waals surface area contributed by atoms with Crippen molar-refractivity contribution in [1.29, 1.82) is 0 Å². The lowest BCUT2D eigenvalue weighted by atomic mass is 10.00. The summed E-state index contributed by atoms with van der Waals surface area (Å²) in [6.45, 7) is 0.148. The van der Waals surface area contributed by atoms with Gasteiger partial charge in [0.25, 0.3) is 0 Å². The van der Waals surface area contributed by atoms with Gasteiger partial charge in [-0.25, -0.2) is 9.78 Å². The first-order valence-corrected chi connectivity index (χ1v) is 10.3. The van der Waals surface area contributed by atoms with Crippen molar-refractivity contribution < 1.29 is 9.53 Å². The van der Waals surface area contributed by atoms with Crippen molar-refractivity contribution in [3.63, 3.8) is 0 Å². The van der Waals surface area contributed by atoms with Crippen LogP contribution >= 0.6 is 11.3 Å². The van der Waals surface area contributed by atoms with Crippen molar-refractivity contribution in [2.45, 2.75) is 19.4 Å². The number of carbonyl (C=O) groups excluding carboxylic acids is 1. The molecule has 0 bridgehead atoms. The standard InChI is InChI=1S/C24H20N2O2S/c27-24(28-16-20-17-29-23(26-20)22-12-6-7-15-25-22)21-11-5-4-10-19(21)14-13-18-8-2-1-3-9-18/h1-12,15,17H,13-14,16H2. The Balaban J connectivity index is 1.39. The third-order valence-corrected chi connectivity index (χ3v) is 5.46. The molecule has 0 aliphatic rings. The number of pyridine rings is 1. The van der Waals surface area contributed by atoms with Crippen molar-refractivity contribution in [2.75, 3.05) is 0 Å². The number of benzene rings is 2. The smallest absolute Gasteiger partial charge is 0.338 e. The van der Waals surface area contributed by atoms with E-state index in [2.05, 4.69) is 22.1 Å². The maximum absolute atomic E-state index is 12.7. The lowest BCUT2D eigenvalue weighted by Gasteiger charge is -2.09. The Morgan fingerprint density at radius 2 is 1.69 bits per heavy atom. The zero-order valence-electron chi connectivity index (χ0n) is 15.8. The number of thiazole rings is 1. The molecule has 0 radical (unpaired) electrons. The fraction of sp³-hybridized carbons (Fsp3) is 0.125. The van der Waals surface area contributed by atoms with Gasteiger partial charge in [0.2, 0.25) is 0 Å². The van der Waals surface area contributed by atoms with Crippen LogP contribution in [-0.4, -0.2) is 15.9 Å². The van der Waals surface area contributed by atoms with Crippen LogP contribution in [0.1, 0.15) is 27.2 Å². The molecule has 2 aromatic heterocycles. The molecule has 0 N–H and O–H groups in total. The number of esters is 1. The largest absolute Gasteiger partial charge is 0.456 e. The first-order valence-electron chi connectivity index (χ1n) is 9.44. The molecular weight excluding hydrogens is 380 g/mol. The summed E-state index contributed by atoms with van der Waals surface area (Å²) in [7, 11) is 0.